The van der Waals surface area contributed by atoms with Crippen molar-refractivity contribution in [2.45, 2.75) is 40.7 Å². The van der Waals surface area contributed by atoms with Gasteiger partial charge in [0.05, 0.1) is 22.9 Å². The molecule has 0 saturated carbocycles. The molecule has 5 aromatic rings. The van der Waals surface area contributed by atoms with E-state index in [0.717, 1.165) is 64.4 Å². The van der Waals surface area contributed by atoms with Crippen LogP contribution in [0.15, 0.2) is 73.3 Å². The van der Waals surface area contributed by atoms with Gasteiger partial charge >= 0.3 is 0 Å². The van der Waals surface area contributed by atoms with Gasteiger partial charge in [-0.25, -0.2) is 19.9 Å². The highest BCUT2D eigenvalue weighted by molar-refractivity contribution is 6.66. The monoisotopic (exact) mass is 583 g/mol. The first-order valence-electron chi connectivity index (χ1n) is 14.0. The molecule has 0 atom stereocenters. The summed E-state index contributed by atoms with van der Waals surface area (Å²) in [7, 11) is 0. The molecule has 9 nitrogen and oxygen atoms in total. The number of aromatic nitrogens is 5. The Kier molecular flexibility index (Phi) is 8.97. The van der Waals surface area contributed by atoms with Crippen LogP contribution in [0.25, 0.3) is 22.1 Å². The van der Waals surface area contributed by atoms with E-state index >= 15 is 0 Å². The molecule has 3 aromatic heterocycles. The molecule has 0 radical (unpaired) electrons. The molecule has 0 saturated heterocycles. The maximum atomic E-state index is 11.0. The van der Waals surface area contributed by atoms with Crippen LogP contribution >= 0.6 is 11.6 Å². The van der Waals surface area contributed by atoms with Gasteiger partial charge in [-0.05, 0) is 85.0 Å². The van der Waals surface area contributed by atoms with E-state index in [-0.39, 0.29) is 0 Å². The fourth-order valence-corrected chi connectivity index (χ4v) is 4.91. The molecular weight excluding hydrogens is 550 g/mol. The first-order chi connectivity index (χ1) is 20.3. The minimum absolute atomic E-state index is 0.496. The summed E-state index contributed by atoms with van der Waals surface area (Å²) in [6, 6.07) is 15.7. The van der Waals surface area contributed by atoms with Crippen molar-refractivity contribution in [2.24, 2.45) is 5.92 Å². The van der Waals surface area contributed by atoms with E-state index in [2.05, 4.69) is 45.9 Å². The average Bonchev–Trinajstić information content (AvgIpc) is 3.36. The molecule has 216 valence electrons. The number of pyridine rings is 1. The van der Waals surface area contributed by atoms with Crippen LogP contribution in [0.1, 0.15) is 32.8 Å². The van der Waals surface area contributed by atoms with Gasteiger partial charge in [0.1, 0.15) is 29.2 Å². The third kappa shape index (κ3) is 6.86. The lowest BCUT2D eigenvalue weighted by Gasteiger charge is -2.25. The van der Waals surface area contributed by atoms with Crippen molar-refractivity contribution in [1.29, 1.82) is 0 Å². The Bertz CT molecular complexity index is 1750. The van der Waals surface area contributed by atoms with Gasteiger partial charge in [-0.3, -0.25) is 4.79 Å². The Morgan fingerprint density at radius 3 is 2.71 bits per heavy atom. The molecule has 0 fully saturated rings. The summed E-state index contributed by atoms with van der Waals surface area (Å²) in [6.45, 7) is 11.0. The average molecular weight is 584 g/mol. The fraction of sp³-hybridized carbons (Fsp3) is 0.281. The Labute approximate surface area is 250 Å². The smallest absolute Gasteiger partial charge is 0.244 e. The number of rotatable bonds is 12. The molecule has 2 aromatic carbocycles. The SMILES string of the molecule is CCCN(CC(C)C)c1ccc2ncnc(Nc3ccc(Oc4ccc5c(c4)ncn5C/C=C/C(=O)Cl)c(C)c3)c2n1. The van der Waals surface area contributed by atoms with Crippen LogP contribution in [-0.2, 0) is 11.3 Å². The number of imidazole rings is 1. The van der Waals surface area contributed by atoms with Crippen LogP contribution in [0, 0.1) is 12.8 Å². The number of benzene rings is 2. The molecule has 0 spiro atoms. The van der Waals surface area contributed by atoms with Crippen molar-refractivity contribution in [3.8, 4) is 11.5 Å². The van der Waals surface area contributed by atoms with E-state index < -0.39 is 5.24 Å². The second-order valence-electron chi connectivity index (χ2n) is 10.6. The lowest BCUT2D eigenvalue weighted by atomic mass is 10.2. The number of fused-ring (bicyclic) bond motifs is 2. The van der Waals surface area contributed by atoms with Crippen molar-refractivity contribution in [3.63, 3.8) is 0 Å². The number of carbonyl (C=O) groups is 1. The second kappa shape index (κ2) is 13.0. The molecule has 0 aliphatic heterocycles. The highest BCUT2D eigenvalue weighted by atomic mass is 35.5. The maximum Gasteiger partial charge on any atom is 0.244 e. The van der Waals surface area contributed by atoms with Crippen molar-refractivity contribution >= 4 is 56.2 Å². The van der Waals surface area contributed by atoms with Crippen LogP contribution < -0.4 is 15.0 Å². The van der Waals surface area contributed by atoms with Crippen molar-refractivity contribution in [3.05, 3.63) is 78.9 Å². The quantitative estimate of drug-likeness (QED) is 0.120. The Morgan fingerprint density at radius 2 is 1.95 bits per heavy atom. The van der Waals surface area contributed by atoms with Gasteiger partial charge in [0.2, 0.25) is 5.24 Å². The van der Waals surface area contributed by atoms with Gasteiger partial charge in [-0.2, -0.15) is 0 Å². The summed E-state index contributed by atoms with van der Waals surface area (Å²) < 4.78 is 8.15. The van der Waals surface area contributed by atoms with E-state index in [0.29, 0.717) is 24.0 Å². The Hall–Kier alpha value is -4.50. The molecule has 0 amide bonds. The molecule has 0 aliphatic carbocycles. The molecule has 0 bridgehead atoms. The number of anilines is 3. The molecule has 0 aliphatic rings. The summed E-state index contributed by atoms with van der Waals surface area (Å²) in [5, 5.41) is 2.93. The van der Waals surface area contributed by atoms with Crippen molar-refractivity contribution < 1.29 is 9.53 Å². The summed E-state index contributed by atoms with van der Waals surface area (Å²) >= 11 is 5.38. The third-order valence-electron chi connectivity index (χ3n) is 6.68. The largest absolute Gasteiger partial charge is 0.457 e. The lowest BCUT2D eigenvalue weighted by molar-refractivity contribution is -0.107. The minimum atomic E-state index is -0.501. The van der Waals surface area contributed by atoms with Gasteiger partial charge in [-0.1, -0.05) is 26.8 Å². The molecule has 10 heteroatoms. The standard InChI is InChI=1S/C32H34ClN7O2/c1-5-14-39(18-21(2)3)30-13-10-25-31(38-30)32(35-19-34-25)37-23-8-12-28(22(4)16-23)42-24-9-11-27-26(17-24)36-20-40(27)15-6-7-29(33)41/h6-13,16-17,19-21H,5,14-15,18H2,1-4H3,(H,34,35,37)/b7-6+. The van der Waals surface area contributed by atoms with Crippen LogP contribution in [-0.4, -0.2) is 42.8 Å². The van der Waals surface area contributed by atoms with E-state index in [4.69, 9.17) is 21.3 Å². The lowest BCUT2D eigenvalue weighted by Crippen LogP contribution is -2.29. The highest BCUT2D eigenvalue weighted by Crippen LogP contribution is 2.31. The van der Waals surface area contributed by atoms with Crippen LogP contribution in [0.5, 0.6) is 11.5 Å². The number of carbonyl (C=O) groups excluding carboxylic acids is 1. The third-order valence-corrected chi connectivity index (χ3v) is 6.81. The van der Waals surface area contributed by atoms with Gasteiger partial charge in [0, 0.05) is 31.4 Å². The number of halogens is 1. The Morgan fingerprint density at radius 1 is 1.10 bits per heavy atom. The van der Waals surface area contributed by atoms with Gasteiger partial charge in [0.15, 0.2) is 5.82 Å². The number of allylic oxidation sites excluding steroid dienone is 2. The van der Waals surface area contributed by atoms with E-state index in [9.17, 15) is 4.79 Å². The zero-order valence-corrected chi connectivity index (χ0v) is 25.0. The number of nitrogens with zero attached hydrogens (tertiary/aromatic N) is 6. The predicted octanol–water partition coefficient (Wildman–Crippen LogP) is 7.41. The first kappa shape index (κ1) is 29.0. The van der Waals surface area contributed by atoms with E-state index in [1.165, 1.54) is 6.08 Å². The summed E-state index contributed by atoms with van der Waals surface area (Å²) in [5.41, 5.74) is 5.08. The number of aryl methyl sites for hydroxylation is 1. The minimum Gasteiger partial charge on any atom is -0.457 e. The molecule has 1 N–H and O–H groups in total. The summed E-state index contributed by atoms with van der Waals surface area (Å²) in [6.07, 6.45) is 7.36. The number of nitrogens with one attached hydrogen (secondary N) is 1. The molecule has 42 heavy (non-hydrogen) atoms. The molecule has 0 unspecified atom stereocenters. The van der Waals surface area contributed by atoms with Crippen LogP contribution in [0.4, 0.5) is 17.3 Å². The van der Waals surface area contributed by atoms with Gasteiger partial charge in [0.25, 0.3) is 0 Å². The Balaban J connectivity index is 1.34. The molecule has 5 rings (SSSR count). The summed E-state index contributed by atoms with van der Waals surface area (Å²) in [4.78, 5) is 31.7. The first-order valence-corrected chi connectivity index (χ1v) is 14.4. The van der Waals surface area contributed by atoms with Gasteiger partial charge < -0.3 is 19.5 Å². The topological polar surface area (TPSA) is 98.1 Å². The summed E-state index contributed by atoms with van der Waals surface area (Å²) in [5.74, 6) is 3.53. The molecule has 3 heterocycles. The van der Waals surface area contributed by atoms with Crippen LogP contribution in [0.3, 0.4) is 0 Å². The van der Waals surface area contributed by atoms with E-state index in [1.807, 2.05) is 60.0 Å². The molecular formula is C32H34ClN7O2. The zero-order valence-electron chi connectivity index (χ0n) is 24.2. The van der Waals surface area contributed by atoms with Crippen molar-refractivity contribution in [2.75, 3.05) is 23.3 Å². The van der Waals surface area contributed by atoms with E-state index in [1.54, 1.807) is 18.7 Å². The number of hydrogen-bond acceptors (Lipinski definition) is 8. The van der Waals surface area contributed by atoms with Gasteiger partial charge in [-0.15, -0.1) is 0 Å². The predicted molar refractivity (Wildman–Crippen MR) is 169 cm³/mol. The number of hydrogen-bond donors (Lipinski definition) is 1. The fourth-order valence-electron chi connectivity index (χ4n) is 4.82. The number of ether oxygens (including phenoxy) is 1. The van der Waals surface area contributed by atoms with Crippen LogP contribution in [0.2, 0.25) is 0 Å². The highest BCUT2D eigenvalue weighted by Gasteiger charge is 2.14. The maximum absolute atomic E-state index is 11.0. The normalized spacial score (nSPS) is 11.6. The second-order valence-corrected chi connectivity index (χ2v) is 10.9. The van der Waals surface area contributed by atoms with Crippen molar-refractivity contribution in [1.82, 2.24) is 24.5 Å². The zero-order chi connectivity index (χ0) is 29.6.